The number of hydrogen-bond acceptors (Lipinski definition) is 5. The average Bonchev–Trinajstić information content (AvgIpc) is 3.48. The number of thiazole rings is 1. The topological polar surface area (TPSA) is 74.3 Å². The van der Waals surface area contributed by atoms with E-state index in [1.807, 2.05) is 22.9 Å². The van der Waals surface area contributed by atoms with Crippen molar-refractivity contribution in [2.45, 2.75) is 25.8 Å². The Bertz CT molecular complexity index is 983. The Kier molecular flexibility index (Phi) is 5.92. The molecule has 1 aromatic carbocycles. The first kappa shape index (κ1) is 19.6. The summed E-state index contributed by atoms with van der Waals surface area (Å²) < 4.78 is 0. The number of aryl methyl sites for hydroxylation is 1. The van der Waals surface area contributed by atoms with E-state index in [0.29, 0.717) is 23.9 Å². The molecule has 3 amide bonds. The standard InChI is InChI=1S/C21H22N4O2S2/c1-2-14-5-7-15(8-6-14)19(17-4-3-11-28-17)24-18(26)12-16-13-29-21(23-16)25-10-9-22-20(25)27/h3-8,11,13,19H,2,9-10,12H2,1H3,(H,22,27)(H,24,26). The summed E-state index contributed by atoms with van der Waals surface area (Å²) in [6.07, 6.45) is 1.17. The molecule has 0 saturated carbocycles. The van der Waals surface area contributed by atoms with E-state index in [-0.39, 0.29) is 24.4 Å². The number of thiophene rings is 1. The first-order chi connectivity index (χ1) is 14.1. The Morgan fingerprint density at radius 2 is 2.10 bits per heavy atom. The van der Waals surface area contributed by atoms with Crippen LogP contribution in [0, 0.1) is 0 Å². The molecule has 2 N–H and O–H groups in total. The van der Waals surface area contributed by atoms with Crippen molar-refractivity contribution in [3.8, 4) is 0 Å². The number of urea groups is 1. The normalized spacial score (nSPS) is 14.7. The Balaban J connectivity index is 1.47. The molecule has 0 spiro atoms. The maximum Gasteiger partial charge on any atom is 0.323 e. The summed E-state index contributed by atoms with van der Waals surface area (Å²) in [6.45, 7) is 3.35. The van der Waals surface area contributed by atoms with Crippen molar-refractivity contribution < 1.29 is 9.59 Å². The first-order valence-corrected chi connectivity index (χ1v) is 11.3. The smallest absolute Gasteiger partial charge is 0.323 e. The van der Waals surface area contributed by atoms with Crippen LogP contribution in [0.1, 0.15) is 34.7 Å². The summed E-state index contributed by atoms with van der Waals surface area (Å²) in [5, 5.41) is 10.4. The van der Waals surface area contributed by atoms with Gasteiger partial charge in [0.1, 0.15) is 0 Å². The summed E-state index contributed by atoms with van der Waals surface area (Å²) in [5.74, 6) is -0.0920. The minimum atomic E-state index is -0.184. The SMILES string of the molecule is CCc1ccc(C(NC(=O)Cc2csc(N3CCNC3=O)n2)c2cccs2)cc1. The lowest BCUT2D eigenvalue weighted by Crippen LogP contribution is -2.30. The molecule has 29 heavy (non-hydrogen) atoms. The lowest BCUT2D eigenvalue weighted by molar-refractivity contribution is -0.121. The van der Waals surface area contributed by atoms with Gasteiger partial charge in [-0.15, -0.1) is 22.7 Å². The molecule has 0 aliphatic carbocycles. The van der Waals surface area contributed by atoms with Crippen LogP contribution in [0.5, 0.6) is 0 Å². The molecule has 8 heteroatoms. The van der Waals surface area contributed by atoms with Crippen LogP contribution in [0.15, 0.2) is 47.2 Å². The van der Waals surface area contributed by atoms with E-state index in [2.05, 4.69) is 46.8 Å². The number of hydrogen-bond donors (Lipinski definition) is 2. The van der Waals surface area contributed by atoms with E-state index in [9.17, 15) is 9.59 Å². The average molecular weight is 427 g/mol. The van der Waals surface area contributed by atoms with Gasteiger partial charge in [0.15, 0.2) is 5.13 Å². The molecule has 4 rings (SSSR count). The highest BCUT2D eigenvalue weighted by Gasteiger charge is 2.24. The zero-order valence-corrected chi connectivity index (χ0v) is 17.7. The minimum Gasteiger partial charge on any atom is -0.344 e. The van der Waals surface area contributed by atoms with Crippen molar-refractivity contribution in [3.63, 3.8) is 0 Å². The van der Waals surface area contributed by atoms with E-state index in [1.54, 1.807) is 16.2 Å². The van der Waals surface area contributed by atoms with Crippen LogP contribution >= 0.6 is 22.7 Å². The predicted octanol–water partition coefficient (Wildman–Crippen LogP) is 3.74. The molecule has 1 fully saturated rings. The lowest BCUT2D eigenvalue weighted by atomic mass is 10.0. The summed E-state index contributed by atoms with van der Waals surface area (Å²) >= 11 is 3.01. The van der Waals surface area contributed by atoms with Crippen molar-refractivity contribution in [3.05, 3.63) is 68.9 Å². The van der Waals surface area contributed by atoms with Gasteiger partial charge < -0.3 is 10.6 Å². The van der Waals surface area contributed by atoms with Crippen LogP contribution in [0.3, 0.4) is 0 Å². The Morgan fingerprint density at radius 3 is 2.76 bits per heavy atom. The molecular weight excluding hydrogens is 404 g/mol. The zero-order valence-electron chi connectivity index (χ0n) is 16.1. The number of benzene rings is 1. The molecule has 1 aliphatic heterocycles. The van der Waals surface area contributed by atoms with Gasteiger partial charge in [0.25, 0.3) is 0 Å². The van der Waals surface area contributed by atoms with Gasteiger partial charge in [0, 0.05) is 23.3 Å². The van der Waals surface area contributed by atoms with E-state index in [0.717, 1.165) is 16.9 Å². The van der Waals surface area contributed by atoms with Crippen LogP contribution in [0.4, 0.5) is 9.93 Å². The summed E-state index contributed by atoms with van der Waals surface area (Å²) in [4.78, 5) is 31.7. The van der Waals surface area contributed by atoms with E-state index in [4.69, 9.17) is 0 Å². The second kappa shape index (κ2) is 8.75. The third-order valence-electron chi connectivity index (χ3n) is 4.82. The number of nitrogens with one attached hydrogen (secondary N) is 2. The van der Waals surface area contributed by atoms with E-state index < -0.39 is 0 Å². The van der Waals surface area contributed by atoms with Crippen LogP contribution in [0.2, 0.25) is 0 Å². The highest BCUT2D eigenvalue weighted by atomic mass is 32.1. The second-order valence-electron chi connectivity index (χ2n) is 6.79. The fraction of sp³-hybridized carbons (Fsp3) is 0.286. The zero-order chi connectivity index (χ0) is 20.2. The molecule has 1 saturated heterocycles. The molecule has 3 aromatic rings. The molecule has 6 nitrogen and oxygen atoms in total. The molecule has 0 bridgehead atoms. The fourth-order valence-electron chi connectivity index (χ4n) is 3.25. The number of nitrogens with zero attached hydrogens (tertiary/aromatic N) is 2. The molecule has 1 atom stereocenters. The van der Waals surface area contributed by atoms with Gasteiger partial charge in [-0.1, -0.05) is 37.3 Å². The van der Waals surface area contributed by atoms with Crippen molar-refractivity contribution >= 4 is 39.7 Å². The number of carbonyl (C=O) groups is 2. The quantitative estimate of drug-likeness (QED) is 0.604. The number of amides is 3. The second-order valence-corrected chi connectivity index (χ2v) is 8.61. The maximum absolute atomic E-state index is 12.8. The number of aromatic nitrogens is 1. The Morgan fingerprint density at radius 1 is 1.28 bits per heavy atom. The van der Waals surface area contributed by atoms with Crippen molar-refractivity contribution in [1.29, 1.82) is 0 Å². The third-order valence-corrected chi connectivity index (χ3v) is 6.67. The van der Waals surface area contributed by atoms with Gasteiger partial charge >= 0.3 is 6.03 Å². The molecule has 2 aromatic heterocycles. The summed E-state index contributed by atoms with van der Waals surface area (Å²) in [7, 11) is 0. The van der Waals surface area contributed by atoms with E-state index in [1.165, 1.54) is 16.9 Å². The minimum absolute atomic E-state index is 0.0920. The Labute approximate surface area is 177 Å². The van der Waals surface area contributed by atoms with Crippen LogP contribution in [-0.2, 0) is 17.6 Å². The van der Waals surface area contributed by atoms with Crippen molar-refractivity contribution in [1.82, 2.24) is 15.6 Å². The highest BCUT2D eigenvalue weighted by Crippen LogP contribution is 2.27. The van der Waals surface area contributed by atoms with Crippen molar-refractivity contribution in [2.75, 3.05) is 18.0 Å². The van der Waals surface area contributed by atoms with Gasteiger partial charge in [-0.25, -0.2) is 9.78 Å². The monoisotopic (exact) mass is 426 g/mol. The predicted molar refractivity (Wildman–Crippen MR) is 117 cm³/mol. The molecule has 150 valence electrons. The van der Waals surface area contributed by atoms with Crippen molar-refractivity contribution in [2.24, 2.45) is 0 Å². The molecule has 1 unspecified atom stereocenters. The fourth-order valence-corrected chi connectivity index (χ4v) is 4.90. The Hall–Kier alpha value is -2.71. The highest BCUT2D eigenvalue weighted by molar-refractivity contribution is 7.14. The first-order valence-electron chi connectivity index (χ1n) is 9.55. The number of anilines is 1. The maximum atomic E-state index is 12.8. The molecule has 1 aliphatic rings. The van der Waals surface area contributed by atoms with Gasteiger partial charge in [0.2, 0.25) is 5.91 Å². The molecular formula is C21H22N4O2S2. The van der Waals surface area contributed by atoms with Crippen LogP contribution in [-0.4, -0.2) is 30.0 Å². The number of carbonyl (C=O) groups excluding carboxylic acids is 2. The molecule has 3 heterocycles. The summed E-state index contributed by atoms with van der Waals surface area (Å²) in [6, 6.07) is 12.1. The third kappa shape index (κ3) is 4.49. The molecule has 0 radical (unpaired) electrons. The number of rotatable bonds is 7. The lowest BCUT2D eigenvalue weighted by Gasteiger charge is -2.18. The van der Waals surface area contributed by atoms with Gasteiger partial charge in [0.05, 0.1) is 18.2 Å². The van der Waals surface area contributed by atoms with E-state index >= 15 is 0 Å². The summed E-state index contributed by atoms with van der Waals surface area (Å²) in [5.41, 5.74) is 3.00. The van der Waals surface area contributed by atoms with Gasteiger partial charge in [-0.05, 0) is 29.0 Å². The van der Waals surface area contributed by atoms with Gasteiger partial charge in [-0.2, -0.15) is 0 Å². The largest absolute Gasteiger partial charge is 0.344 e. The van der Waals surface area contributed by atoms with Crippen LogP contribution in [0.25, 0.3) is 0 Å². The van der Waals surface area contributed by atoms with Crippen LogP contribution < -0.4 is 15.5 Å². The van der Waals surface area contributed by atoms with Gasteiger partial charge in [-0.3, -0.25) is 9.69 Å².